The van der Waals surface area contributed by atoms with Gasteiger partial charge in [-0.3, -0.25) is 9.69 Å². The molecule has 0 bridgehead atoms. The molecule has 144 valence electrons. The van der Waals surface area contributed by atoms with Crippen molar-refractivity contribution in [2.75, 3.05) is 38.6 Å². The van der Waals surface area contributed by atoms with Crippen molar-refractivity contribution >= 4 is 22.4 Å². The van der Waals surface area contributed by atoms with Crippen LogP contribution in [0.15, 0.2) is 0 Å². The number of anilines is 1. The maximum absolute atomic E-state index is 13.2. The highest BCUT2D eigenvalue weighted by molar-refractivity contribution is 7.15. The van der Waals surface area contributed by atoms with E-state index in [1.54, 1.807) is 0 Å². The maximum Gasteiger partial charge on any atom is 0.227 e. The zero-order valence-corrected chi connectivity index (χ0v) is 16.0. The lowest BCUT2D eigenvalue weighted by Crippen LogP contribution is -2.48. The van der Waals surface area contributed by atoms with Crippen molar-refractivity contribution in [3.05, 3.63) is 10.6 Å². The second-order valence-corrected chi connectivity index (χ2v) is 8.88. The predicted octanol–water partition coefficient (Wildman–Crippen LogP) is 0.828. The zero-order chi connectivity index (χ0) is 18.1. The van der Waals surface area contributed by atoms with Gasteiger partial charge >= 0.3 is 0 Å². The molecule has 2 saturated heterocycles. The molecule has 4 heterocycles. The number of rotatable bonds is 2. The molecule has 1 amide bonds. The molecule has 1 aromatic rings. The van der Waals surface area contributed by atoms with Crippen LogP contribution >= 0.6 is 11.3 Å². The minimum atomic E-state index is 0.0400. The molecule has 2 fully saturated rings. The van der Waals surface area contributed by atoms with E-state index in [9.17, 15) is 4.79 Å². The Hall–Kier alpha value is -1.22. The Labute approximate surface area is 158 Å². The first-order valence-electron chi connectivity index (χ1n) is 9.70. The number of nitrogens with zero attached hydrogens (tertiary/aromatic N) is 3. The quantitative estimate of drug-likeness (QED) is 0.790. The van der Waals surface area contributed by atoms with E-state index >= 15 is 0 Å². The SMILES string of the molecule is Nc1nc2c(s1)CN(C(=O)[C@@H]1CC[C@H](N)CN(C3CCOCC3)C1)CC2. The molecule has 0 unspecified atom stereocenters. The van der Waals surface area contributed by atoms with Crippen molar-refractivity contribution in [3.63, 3.8) is 0 Å². The smallest absolute Gasteiger partial charge is 0.227 e. The monoisotopic (exact) mass is 379 g/mol. The van der Waals surface area contributed by atoms with Gasteiger partial charge in [0.25, 0.3) is 0 Å². The first-order chi connectivity index (χ1) is 12.6. The molecule has 26 heavy (non-hydrogen) atoms. The molecule has 2 atom stereocenters. The van der Waals surface area contributed by atoms with E-state index in [1.165, 1.54) is 11.3 Å². The van der Waals surface area contributed by atoms with Crippen LogP contribution in [0.4, 0.5) is 5.13 Å². The van der Waals surface area contributed by atoms with Crippen LogP contribution < -0.4 is 11.5 Å². The van der Waals surface area contributed by atoms with Crippen molar-refractivity contribution in [2.24, 2.45) is 11.7 Å². The fourth-order valence-electron chi connectivity index (χ4n) is 4.47. The number of carbonyl (C=O) groups excluding carboxylic acids is 1. The molecule has 3 aliphatic heterocycles. The molecule has 0 radical (unpaired) electrons. The molecule has 1 aromatic heterocycles. The molecule has 4 rings (SSSR count). The number of hydrogen-bond acceptors (Lipinski definition) is 7. The number of carbonyl (C=O) groups is 1. The lowest BCUT2D eigenvalue weighted by molar-refractivity contribution is -0.137. The van der Waals surface area contributed by atoms with Crippen LogP contribution in [0.25, 0.3) is 0 Å². The van der Waals surface area contributed by atoms with Crippen molar-refractivity contribution in [1.82, 2.24) is 14.8 Å². The van der Waals surface area contributed by atoms with Gasteiger partial charge in [-0.25, -0.2) is 4.98 Å². The summed E-state index contributed by atoms with van der Waals surface area (Å²) < 4.78 is 5.51. The first kappa shape index (κ1) is 18.2. The van der Waals surface area contributed by atoms with Crippen LogP contribution in [0.2, 0.25) is 0 Å². The van der Waals surface area contributed by atoms with Gasteiger partial charge in [0.05, 0.1) is 18.2 Å². The Bertz CT molecular complexity index is 646. The average molecular weight is 380 g/mol. The van der Waals surface area contributed by atoms with E-state index in [2.05, 4.69) is 9.88 Å². The van der Waals surface area contributed by atoms with Gasteiger partial charge in [0.1, 0.15) is 0 Å². The number of amides is 1. The number of nitrogen functional groups attached to an aromatic ring is 1. The normalized spacial score (nSPS) is 28.6. The lowest BCUT2D eigenvalue weighted by Gasteiger charge is -2.36. The van der Waals surface area contributed by atoms with Crippen molar-refractivity contribution < 1.29 is 9.53 Å². The van der Waals surface area contributed by atoms with Crippen molar-refractivity contribution in [1.29, 1.82) is 0 Å². The van der Waals surface area contributed by atoms with Crippen LogP contribution in [0, 0.1) is 5.92 Å². The van der Waals surface area contributed by atoms with E-state index in [4.69, 9.17) is 16.2 Å². The molecular weight excluding hydrogens is 350 g/mol. The Kier molecular flexibility index (Phi) is 5.45. The number of likely N-dealkylation sites (tertiary alicyclic amines) is 1. The van der Waals surface area contributed by atoms with Gasteiger partial charge in [0.15, 0.2) is 5.13 Å². The number of nitrogens with two attached hydrogens (primary N) is 2. The third kappa shape index (κ3) is 3.88. The van der Waals surface area contributed by atoms with E-state index in [0.29, 0.717) is 17.7 Å². The highest BCUT2D eigenvalue weighted by Gasteiger charge is 2.34. The minimum Gasteiger partial charge on any atom is -0.381 e. The highest BCUT2D eigenvalue weighted by Crippen LogP contribution is 2.29. The Morgan fingerprint density at radius 1 is 1.19 bits per heavy atom. The largest absolute Gasteiger partial charge is 0.381 e. The van der Waals surface area contributed by atoms with E-state index in [0.717, 1.165) is 75.5 Å². The fourth-order valence-corrected chi connectivity index (χ4v) is 5.36. The Morgan fingerprint density at radius 2 is 2.00 bits per heavy atom. The maximum atomic E-state index is 13.2. The Balaban J connectivity index is 1.44. The summed E-state index contributed by atoms with van der Waals surface area (Å²) in [5.74, 6) is 0.312. The van der Waals surface area contributed by atoms with E-state index in [1.807, 2.05) is 4.90 Å². The van der Waals surface area contributed by atoms with Crippen LogP contribution in [0.3, 0.4) is 0 Å². The number of thiazole rings is 1. The molecule has 7 nitrogen and oxygen atoms in total. The number of ether oxygens (including phenoxy) is 1. The number of fused-ring (bicyclic) bond motifs is 1. The first-order valence-corrected chi connectivity index (χ1v) is 10.5. The summed E-state index contributed by atoms with van der Waals surface area (Å²) in [6, 6.07) is 0.655. The van der Waals surface area contributed by atoms with E-state index < -0.39 is 0 Å². The predicted molar refractivity (Wildman–Crippen MR) is 102 cm³/mol. The molecule has 0 aliphatic carbocycles. The van der Waals surface area contributed by atoms with Crippen LogP contribution in [-0.4, -0.2) is 65.6 Å². The Morgan fingerprint density at radius 3 is 2.81 bits per heavy atom. The molecule has 3 aliphatic rings. The standard InChI is InChI=1S/C18H29N5O2S/c19-13-2-1-12(9-23(10-13)14-4-7-25-8-5-14)17(24)22-6-3-15-16(11-22)26-18(20)21-15/h12-14H,1-11,19H2,(H2,20,21)/t12-,13+/m1/s1. The fraction of sp³-hybridized carbons (Fsp3) is 0.778. The van der Waals surface area contributed by atoms with Gasteiger partial charge in [-0.05, 0) is 25.7 Å². The summed E-state index contributed by atoms with van der Waals surface area (Å²) in [6.07, 6.45) is 4.70. The number of aromatic nitrogens is 1. The second kappa shape index (κ2) is 7.80. The minimum absolute atomic E-state index is 0.0400. The lowest BCUT2D eigenvalue weighted by atomic mass is 9.98. The molecular formula is C18H29N5O2S. The topological polar surface area (TPSA) is 97.7 Å². The summed E-state index contributed by atoms with van der Waals surface area (Å²) in [6.45, 7) is 4.75. The van der Waals surface area contributed by atoms with Gasteiger partial charge in [-0.1, -0.05) is 0 Å². The third-order valence-corrected chi connectivity index (χ3v) is 6.84. The van der Waals surface area contributed by atoms with Gasteiger partial charge < -0.3 is 21.1 Å². The summed E-state index contributed by atoms with van der Waals surface area (Å²) in [7, 11) is 0. The summed E-state index contributed by atoms with van der Waals surface area (Å²) >= 11 is 1.51. The van der Waals surface area contributed by atoms with Gasteiger partial charge in [0, 0.05) is 56.2 Å². The summed E-state index contributed by atoms with van der Waals surface area (Å²) in [4.78, 5) is 23.2. The van der Waals surface area contributed by atoms with Crippen LogP contribution in [0.1, 0.15) is 36.3 Å². The zero-order valence-electron chi connectivity index (χ0n) is 15.2. The second-order valence-electron chi connectivity index (χ2n) is 7.76. The van der Waals surface area contributed by atoms with Crippen LogP contribution in [0.5, 0.6) is 0 Å². The number of hydrogen-bond donors (Lipinski definition) is 2. The average Bonchev–Trinajstić information content (AvgIpc) is 2.91. The highest BCUT2D eigenvalue weighted by atomic mass is 32.1. The molecule has 8 heteroatoms. The third-order valence-electron chi connectivity index (χ3n) is 5.93. The van der Waals surface area contributed by atoms with Crippen LogP contribution in [-0.2, 0) is 22.5 Å². The van der Waals surface area contributed by atoms with Gasteiger partial charge in [0.2, 0.25) is 5.91 Å². The summed E-state index contributed by atoms with van der Waals surface area (Å²) in [5.41, 5.74) is 13.2. The molecule has 0 saturated carbocycles. The van der Waals surface area contributed by atoms with Gasteiger partial charge in [-0.15, -0.1) is 11.3 Å². The molecule has 0 aromatic carbocycles. The van der Waals surface area contributed by atoms with Crippen molar-refractivity contribution in [2.45, 2.75) is 50.7 Å². The van der Waals surface area contributed by atoms with Gasteiger partial charge in [-0.2, -0.15) is 0 Å². The summed E-state index contributed by atoms with van der Waals surface area (Å²) in [5, 5.41) is 0.607. The van der Waals surface area contributed by atoms with E-state index in [-0.39, 0.29) is 17.9 Å². The van der Waals surface area contributed by atoms with Crippen molar-refractivity contribution in [3.8, 4) is 0 Å². The molecule has 0 spiro atoms. The molecule has 4 N–H and O–H groups in total.